The van der Waals surface area contributed by atoms with Crippen molar-refractivity contribution >= 4 is 0 Å². The second-order valence-electron chi connectivity index (χ2n) is 3.33. The van der Waals surface area contributed by atoms with Crippen LogP contribution in [0.25, 0.3) is 5.69 Å². The van der Waals surface area contributed by atoms with Gasteiger partial charge in [0.15, 0.2) is 0 Å². The first kappa shape index (κ1) is 9.86. The highest BCUT2D eigenvalue weighted by Gasteiger charge is 2.05. The third-order valence-electron chi connectivity index (χ3n) is 2.28. The maximum absolute atomic E-state index is 13.3. The summed E-state index contributed by atoms with van der Waals surface area (Å²) < 4.78 is 14.8. The van der Waals surface area contributed by atoms with Gasteiger partial charge in [0.05, 0.1) is 18.0 Å². The Balaban J connectivity index is 2.50. The van der Waals surface area contributed by atoms with Gasteiger partial charge in [-0.3, -0.25) is 0 Å². The van der Waals surface area contributed by atoms with E-state index < -0.39 is 0 Å². The smallest absolute Gasteiger partial charge is 0.128 e. The van der Waals surface area contributed by atoms with Gasteiger partial charge in [0.1, 0.15) is 5.82 Å². The molecule has 0 aliphatic rings. The van der Waals surface area contributed by atoms with Crippen molar-refractivity contribution in [3.63, 3.8) is 0 Å². The Kier molecular flexibility index (Phi) is 2.51. The van der Waals surface area contributed by atoms with E-state index >= 15 is 0 Å². The van der Waals surface area contributed by atoms with Gasteiger partial charge < -0.3 is 5.11 Å². The molecule has 0 radical (unpaired) electrons. The summed E-state index contributed by atoms with van der Waals surface area (Å²) in [6, 6.07) is 6.55. The molecule has 4 heteroatoms. The first-order chi connectivity index (χ1) is 7.22. The summed E-state index contributed by atoms with van der Waals surface area (Å²) in [5.41, 5.74) is 1.85. The van der Waals surface area contributed by atoms with E-state index in [0.29, 0.717) is 16.9 Å². The average Bonchev–Trinajstić information content (AvgIpc) is 2.70. The molecule has 0 unspecified atom stereocenters. The highest BCUT2D eigenvalue weighted by molar-refractivity contribution is 5.35. The van der Waals surface area contributed by atoms with Gasteiger partial charge in [0, 0.05) is 6.20 Å². The molecule has 1 heterocycles. The molecule has 0 saturated carbocycles. The van der Waals surface area contributed by atoms with Gasteiger partial charge in [-0.1, -0.05) is 6.07 Å². The standard InChI is InChI=1S/C11H11FN2O/c1-8-2-3-9(6-11(8)12)14-10(7-15)4-5-13-14/h2-6,15H,7H2,1H3. The molecule has 1 aromatic heterocycles. The predicted octanol–water partition coefficient (Wildman–Crippen LogP) is 1.81. The number of halogens is 1. The molecule has 2 rings (SSSR count). The van der Waals surface area contributed by atoms with Crippen molar-refractivity contribution in [3.8, 4) is 5.69 Å². The summed E-state index contributed by atoms with van der Waals surface area (Å²) >= 11 is 0. The zero-order valence-electron chi connectivity index (χ0n) is 8.31. The van der Waals surface area contributed by atoms with Gasteiger partial charge >= 0.3 is 0 Å². The number of nitrogens with zero attached hydrogens (tertiary/aromatic N) is 2. The number of benzene rings is 1. The largest absolute Gasteiger partial charge is 0.390 e. The number of aromatic nitrogens is 2. The van der Waals surface area contributed by atoms with Crippen molar-refractivity contribution in [3.05, 3.63) is 47.5 Å². The minimum atomic E-state index is -0.271. The second kappa shape index (κ2) is 3.82. The lowest BCUT2D eigenvalue weighted by molar-refractivity contribution is 0.273. The zero-order chi connectivity index (χ0) is 10.8. The molecule has 78 valence electrons. The van der Waals surface area contributed by atoms with Crippen LogP contribution >= 0.6 is 0 Å². The van der Waals surface area contributed by atoms with E-state index in [4.69, 9.17) is 5.11 Å². The SMILES string of the molecule is Cc1ccc(-n2nccc2CO)cc1F. The lowest BCUT2D eigenvalue weighted by Crippen LogP contribution is -2.02. The van der Waals surface area contributed by atoms with Crippen molar-refractivity contribution < 1.29 is 9.50 Å². The molecule has 0 bridgehead atoms. The van der Waals surface area contributed by atoms with Crippen LogP contribution < -0.4 is 0 Å². The van der Waals surface area contributed by atoms with Gasteiger partial charge in [0.2, 0.25) is 0 Å². The normalized spacial score (nSPS) is 10.6. The van der Waals surface area contributed by atoms with Gasteiger partial charge in [-0.15, -0.1) is 0 Å². The lowest BCUT2D eigenvalue weighted by Gasteiger charge is -2.06. The zero-order valence-corrected chi connectivity index (χ0v) is 8.31. The molecule has 2 aromatic rings. The molecule has 0 amide bonds. The van der Waals surface area contributed by atoms with Crippen molar-refractivity contribution in [2.45, 2.75) is 13.5 Å². The van der Waals surface area contributed by atoms with Crippen LogP contribution in [0.2, 0.25) is 0 Å². The summed E-state index contributed by atoms with van der Waals surface area (Å²) in [4.78, 5) is 0. The van der Waals surface area contributed by atoms with Gasteiger partial charge in [-0.2, -0.15) is 5.10 Å². The Morgan fingerprint density at radius 2 is 2.20 bits per heavy atom. The predicted molar refractivity (Wildman–Crippen MR) is 54.2 cm³/mol. The molecule has 0 atom stereocenters. The van der Waals surface area contributed by atoms with Crippen LogP contribution in [0.5, 0.6) is 0 Å². The van der Waals surface area contributed by atoms with E-state index in [1.54, 1.807) is 31.3 Å². The number of aliphatic hydroxyl groups excluding tert-OH is 1. The first-order valence-electron chi connectivity index (χ1n) is 4.62. The number of rotatable bonds is 2. The highest BCUT2D eigenvalue weighted by Crippen LogP contribution is 2.14. The minimum absolute atomic E-state index is 0.116. The van der Waals surface area contributed by atoms with E-state index in [1.807, 2.05) is 0 Å². The molecule has 0 saturated heterocycles. The fraction of sp³-hybridized carbons (Fsp3) is 0.182. The van der Waals surface area contributed by atoms with Crippen LogP contribution in [0.1, 0.15) is 11.3 Å². The molecule has 0 spiro atoms. The molecule has 0 aliphatic carbocycles. The summed E-state index contributed by atoms with van der Waals surface area (Å²) in [7, 11) is 0. The number of aryl methyl sites for hydroxylation is 1. The topological polar surface area (TPSA) is 38.0 Å². The van der Waals surface area contributed by atoms with Gasteiger partial charge in [-0.25, -0.2) is 9.07 Å². The Labute approximate surface area is 86.8 Å². The van der Waals surface area contributed by atoms with E-state index in [2.05, 4.69) is 5.10 Å². The van der Waals surface area contributed by atoms with Gasteiger partial charge in [0.25, 0.3) is 0 Å². The fourth-order valence-electron chi connectivity index (χ4n) is 1.40. The first-order valence-corrected chi connectivity index (χ1v) is 4.62. The molecule has 1 N–H and O–H groups in total. The molecular weight excluding hydrogens is 195 g/mol. The van der Waals surface area contributed by atoms with E-state index in [9.17, 15) is 4.39 Å². The Morgan fingerprint density at radius 1 is 1.40 bits per heavy atom. The molecule has 0 fully saturated rings. The minimum Gasteiger partial charge on any atom is -0.390 e. The quantitative estimate of drug-likeness (QED) is 0.813. The third-order valence-corrected chi connectivity index (χ3v) is 2.28. The van der Waals surface area contributed by atoms with Crippen LogP contribution in [0.15, 0.2) is 30.5 Å². The molecule has 3 nitrogen and oxygen atoms in total. The van der Waals surface area contributed by atoms with E-state index in [0.717, 1.165) is 0 Å². The molecule has 1 aromatic carbocycles. The van der Waals surface area contributed by atoms with Crippen LogP contribution in [0.4, 0.5) is 4.39 Å². The summed E-state index contributed by atoms with van der Waals surface area (Å²) in [5, 5.41) is 13.1. The summed E-state index contributed by atoms with van der Waals surface area (Å²) in [5.74, 6) is -0.271. The molecule has 0 aliphatic heterocycles. The summed E-state index contributed by atoms with van der Waals surface area (Å²) in [6.45, 7) is 1.59. The maximum atomic E-state index is 13.3. The Morgan fingerprint density at radius 3 is 2.87 bits per heavy atom. The third kappa shape index (κ3) is 1.76. The van der Waals surface area contributed by atoms with Crippen molar-refractivity contribution in [1.82, 2.24) is 9.78 Å². The van der Waals surface area contributed by atoms with Crippen molar-refractivity contribution in [1.29, 1.82) is 0 Å². The highest BCUT2D eigenvalue weighted by atomic mass is 19.1. The Bertz CT molecular complexity index is 479. The molecular formula is C11H11FN2O. The average molecular weight is 206 g/mol. The van der Waals surface area contributed by atoms with Crippen LogP contribution in [-0.2, 0) is 6.61 Å². The maximum Gasteiger partial charge on any atom is 0.128 e. The monoisotopic (exact) mass is 206 g/mol. The number of aliphatic hydroxyl groups is 1. The Hall–Kier alpha value is -1.68. The fourth-order valence-corrected chi connectivity index (χ4v) is 1.40. The van der Waals surface area contributed by atoms with E-state index in [-0.39, 0.29) is 12.4 Å². The second-order valence-corrected chi connectivity index (χ2v) is 3.33. The number of hydrogen-bond donors (Lipinski definition) is 1. The van der Waals surface area contributed by atoms with Crippen LogP contribution in [0, 0.1) is 12.7 Å². The van der Waals surface area contributed by atoms with Crippen molar-refractivity contribution in [2.24, 2.45) is 0 Å². The molecule has 15 heavy (non-hydrogen) atoms. The number of hydrogen-bond acceptors (Lipinski definition) is 2. The van der Waals surface area contributed by atoms with Crippen molar-refractivity contribution in [2.75, 3.05) is 0 Å². The van der Waals surface area contributed by atoms with Gasteiger partial charge in [-0.05, 0) is 30.7 Å². The lowest BCUT2D eigenvalue weighted by atomic mass is 10.2. The van der Waals surface area contributed by atoms with Crippen LogP contribution in [0.3, 0.4) is 0 Å². The van der Waals surface area contributed by atoms with Crippen LogP contribution in [-0.4, -0.2) is 14.9 Å². The van der Waals surface area contributed by atoms with E-state index in [1.165, 1.54) is 10.7 Å². The summed E-state index contributed by atoms with van der Waals surface area (Å²) in [6.07, 6.45) is 1.57.